The molecular weight excluding hydrogens is 597 g/mol. The number of nitrogens with zero attached hydrogens (tertiary/aromatic N) is 2. The lowest BCUT2D eigenvalue weighted by Crippen LogP contribution is -2.54. The second-order valence-corrected chi connectivity index (χ2v) is 9.06. The third-order valence-electron chi connectivity index (χ3n) is 5.50. The Bertz CT molecular complexity index is 1500. The van der Waals surface area contributed by atoms with Crippen molar-refractivity contribution in [3.63, 3.8) is 0 Å². The molecule has 0 spiro atoms. The number of hydrogen-bond donors (Lipinski definition) is 1. The molecule has 3 aromatic carbocycles. The van der Waals surface area contributed by atoms with Gasteiger partial charge in [0.05, 0.1) is 14.2 Å². The standard InChI is InChI=1S/C25H16IN3O8/c26-19-10-14(4-6-20(19)35-12-15-2-1-3-17(8-15)29(33)34)9-18-23(30)27-25(32)28(24(18)31)16-5-7-21-22(11-16)37-13-36-21/h1-11H,12-13H2,(H,27,30,32)/b18-9+. The molecule has 2 aliphatic heterocycles. The van der Waals surface area contributed by atoms with Gasteiger partial charge in [-0.05, 0) is 64.1 Å². The minimum absolute atomic E-state index is 0.0264. The Labute approximate surface area is 222 Å². The van der Waals surface area contributed by atoms with Crippen LogP contribution in [0.3, 0.4) is 0 Å². The molecule has 4 amide bonds. The van der Waals surface area contributed by atoms with Gasteiger partial charge in [0.25, 0.3) is 17.5 Å². The lowest BCUT2D eigenvalue weighted by molar-refractivity contribution is -0.384. The zero-order valence-corrected chi connectivity index (χ0v) is 21.0. The molecule has 5 rings (SSSR count). The maximum atomic E-state index is 13.2. The number of halogens is 1. The Morgan fingerprint density at radius 2 is 1.86 bits per heavy atom. The third kappa shape index (κ3) is 4.95. The fraction of sp³-hybridized carbons (Fsp3) is 0.0800. The number of nitrogens with one attached hydrogen (secondary N) is 1. The van der Waals surface area contributed by atoms with E-state index in [1.165, 1.54) is 30.3 Å². The number of imide groups is 2. The van der Waals surface area contributed by atoms with Crippen molar-refractivity contribution in [2.24, 2.45) is 0 Å². The first-order valence-electron chi connectivity index (χ1n) is 10.8. The number of carbonyl (C=O) groups is 3. The van der Waals surface area contributed by atoms with Crippen LogP contribution in [0.1, 0.15) is 11.1 Å². The first-order valence-corrected chi connectivity index (χ1v) is 11.8. The Balaban J connectivity index is 1.35. The first kappa shape index (κ1) is 24.2. The quantitative estimate of drug-likeness (QED) is 0.144. The summed E-state index contributed by atoms with van der Waals surface area (Å²) in [6.45, 7) is 0.151. The summed E-state index contributed by atoms with van der Waals surface area (Å²) >= 11 is 2.05. The normalized spacial score (nSPS) is 15.6. The highest BCUT2D eigenvalue weighted by Crippen LogP contribution is 2.36. The van der Waals surface area contributed by atoms with Crippen molar-refractivity contribution < 1.29 is 33.5 Å². The summed E-state index contributed by atoms with van der Waals surface area (Å²) in [7, 11) is 0. The van der Waals surface area contributed by atoms with E-state index in [0.717, 1.165) is 4.90 Å². The molecule has 0 bridgehead atoms. The fourth-order valence-corrected chi connectivity index (χ4v) is 4.42. The van der Waals surface area contributed by atoms with E-state index in [-0.39, 0.29) is 30.3 Å². The Morgan fingerprint density at radius 3 is 2.65 bits per heavy atom. The van der Waals surface area contributed by atoms with E-state index >= 15 is 0 Å². The number of barbiturate groups is 1. The SMILES string of the molecule is O=C1NC(=O)N(c2ccc3c(c2)OCO3)C(=O)/C1=C/c1ccc(OCc2cccc([N+](=O)[O-])c2)c(I)c1. The molecule has 3 aromatic rings. The topological polar surface area (TPSA) is 137 Å². The average molecular weight is 613 g/mol. The van der Waals surface area contributed by atoms with E-state index in [0.29, 0.717) is 31.9 Å². The van der Waals surface area contributed by atoms with Crippen LogP contribution in [0.15, 0.2) is 66.2 Å². The highest BCUT2D eigenvalue weighted by Gasteiger charge is 2.37. The van der Waals surface area contributed by atoms with Crippen LogP contribution in [-0.4, -0.2) is 29.6 Å². The van der Waals surface area contributed by atoms with E-state index in [1.54, 1.807) is 36.4 Å². The number of anilines is 1. The number of nitro benzene ring substituents is 1. The van der Waals surface area contributed by atoms with Crippen molar-refractivity contribution in [3.05, 3.63) is 91.0 Å². The molecule has 0 unspecified atom stereocenters. The third-order valence-corrected chi connectivity index (χ3v) is 6.34. The Hall–Kier alpha value is -4.46. The van der Waals surface area contributed by atoms with Crippen molar-refractivity contribution in [2.45, 2.75) is 6.61 Å². The van der Waals surface area contributed by atoms with Crippen molar-refractivity contribution >= 4 is 57.9 Å². The summed E-state index contributed by atoms with van der Waals surface area (Å²) in [5.41, 5.74) is 1.14. The van der Waals surface area contributed by atoms with Gasteiger partial charge in [0.15, 0.2) is 11.5 Å². The van der Waals surface area contributed by atoms with E-state index in [2.05, 4.69) is 5.32 Å². The van der Waals surface area contributed by atoms with Crippen LogP contribution < -0.4 is 24.4 Å². The minimum Gasteiger partial charge on any atom is -0.488 e. The number of non-ortho nitro benzene ring substituents is 1. The summed E-state index contributed by atoms with van der Waals surface area (Å²) in [6, 6.07) is 14.9. The molecule has 2 aliphatic rings. The number of hydrogen-bond acceptors (Lipinski definition) is 8. The monoisotopic (exact) mass is 613 g/mol. The van der Waals surface area contributed by atoms with E-state index < -0.39 is 22.8 Å². The van der Waals surface area contributed by atoms with Gasteiger partial charge in [-0.3, -0.25) is 25.0 Å². The van der Waals surface area contributed by atoms with Gasteiger partial charge in [0.1, 0.15) is 17.9 Å². The molecule has 1 N–H and O–H groups in total. The number of fused-ring (bicyclic) bond motifs is 1. The molecule has 0 radical (unpaired) electrons. The van der Waals surface area contributed by atoms with Crippen LogP contribution >= 0.6 is 22.6 Å². The first-order chi connectivity index (χ1) is 17.8. The summed E-state index contributed by atoms with van der Waals surface area (Å²) < 4.78 is 17.1. The molecule has 37 heavy (non-hydrogen) atoms. The molecule has 11 nitrogen and oxygen atoms in total. The molecule has 12 heteroatoms. The van der Waals surface area contributed by atoms with Crippen LogP contribution in [0.2, 0.25) is 0 Å². The number of rotatable bonds is 6. The van der Waals surface area contributed by atoms with E-state index in [4.69, 9.17) is 14.2 Å². The number of amides is 4. The summed E-state index contributed by atoms with van der Waals surface area (Å²) in [5.74, 6) is -0.203. The Morgan fingerprint density at radius 1 is 1.05 bits per heavy atom. The molecule has 0 atom stereocenters. The number of benzene rings is 3. The maximum absolute atomic E-state index is 13.2. The van der Waals surface area contributed by atoms with E-state index in [1.807, 2.05) is 22.6 Å². The number of nitro groups is 1. The van der Waals surface area contributed by atoms with Crippen LogP contribution in [0.5, 0.6) is 17.2 Å². The molecule has 2 heterocycles. The summed E-state index contributed by atoms with van der Waals surface area (Å²) in [6.07, 6.45) is 1.39. The largest absolute Gasteiger partial charge is 0.488 e. The predicted molar refractivity (Wildman–Crippen MR) is 138 cm³/mol. The number of urea groups is 1. The van der Waals surface area contributed by atoms with Crippen molar-refractivity contribution in [2.75, 3.05) is 11.7 Å². The molecule has 0 aliphatic carbocycles. The Kier molecular flexibility index (Phi) is 6.48. The predicted octanol–water partition coefficient (Wildman–Crippen LogP) is 4.17. The summed E-state index contributed by atoms with van der Waals surface area (Å²) in [5, 5.41) is 13.2. The van der Waals surface area contributed by atoms with Crippen molar-refractivity contribution in [1.29, 1.82) is 0 Å². The molecule has 0 aromatic heterocycles. The second-order valence-electron chi connectivity index (χ2n) is 7.90. The van der Waals surface area contributed by atoms with Gasteiger partial charge in [0.2, 0.25) is 6.79 Å². The highest BCUT2D eigenvalue weighted by atomic mass is 127. The molecule has 0 saturated carbocycles. The van der Waals surface area contributed by atoms with Gasteiger partial charge in [-0.15, -0.1) is 0 Å². The van der Waals surface area contributed by atoms with Gasteiger partial charge in [-0.25, -0.2) is 9.69 Å². The highest BCUT2D eigenvalue weighted by molar-refractivity contribution is 14.1. The summed E-state index contributed by atoms with van der Waals surface area (Å²) in [4.78, 5) is 49.5. The second kappa shape index (κ2) is 9.89. The van der Waals surface area contributed by atoms with Crippen LogP contribution in [0, 0.1) is 13.7 Å². The average Bonchev–Trinajstić information content (AvgIpc) is 3.34. The zero-order valence-electron chi connectivity index (χ0n) is 18.8. The number of ether oxygens (including phenoxy) is 3. The van der Waals surface area contributed by atoms with Crippen molar-refractivity contribution in [1.82, 2.24) is 5.32 Å². The van der Waals surface area contributed by atoms with Gasteiger partial charge in [-0.1, -0.05) is 18.2 Å². The fourth-order valence-electron chi connectivity index (χ4n) is 3.73. The molecule has 186 valence electrons. The molecule has 1 fully saturated rings. The lowest BCUT2D eigenvalue weighted by Gasteiger charge is -2.26. The van der Waals surface area contributed by atoms with Gasteiger partial charge in [-0.2, -0.15) is 0 Å². The van der Waals surface area contributed by atoms with Gasteiger partial charge >= 0.3 is 6.03 Å². The maximum Gasteiger partial charge on any atom is 0.335 e. The van der Waals surface area contributed by atoms with Gasteiger partial charge in [0, 0.05) is 18.2 Å². The minimum atomic E-state index is -0.870. The van der Waals surface area contributed by atoms with E-state index in [9.17, 15) is 24.5 Å². The molecular formula is C25H16IN3O8. The van der Waals surface area contributed by atoms with Crippen LogP contribution in [0.4, 0.5) is 16.2 Å². The van der Waals surface area contributed by atoms with Crippen molar-refractivity contribution in [3.8, 4) is 17.2 Å². The van der Waals surface area contributed by atoms with Gasteiger partial charge < -0.3 is 14.2 Å². The van der Waals surface area contributed by atoms with Crippen LogP contribution in [0.25, 0.3) is 6.08 Å². The molecule has 1 saturated heterocycles. The zero-order chi connectivity index (χ0) is 26.1. The smallest absolute Gasteiger partial charge is 0.335 e. The lowest BCUT2D eigenvalue weighted by atomic mass is 10.1. The van der Waals surface area contributed by atoms with Crippen LogP contribution in [-0.2, 0) is 16.2 Å². The number of carbonyl (C=O) groups excluding carboxylic acids is 3.